The van der Waals surface area contributed by atoms with Gasteiger partial charge in [0.1, 0.15) is 5.75 Å². The van der Waals surface area contributed by atoms with Crippen LogP contribution in [0.5, 0.6) is 5.75 Å². The van der Waals surface area contributed by atoms with E-state index in [1.165, 1.54) is 11.3 Å². The molecule has 162 valence electrons. The third-order valence-corrected chi connectivity index (χ3v) is 5.56. The second-order valence-electron chi connectivity index (χ2n) is 7.53. The molecule has 0 unspecified atom stereocenters. The molecule has 7 heteroatoms. The van der Waals surface area contributed by atoms with Crippen LogP contribution in [-0.4, -0.2) is 67.5 Å². The lowest BCUT2D eigenvalue weighted by molar-refractivity contribution is 0.372. The Morgan fingerprint density at radius 2 is 1.81 bits per heavy atom. The van der Waals surface area contributed by atoms with Gasteiger partial charge >= 0.3 is 0 Å². The largest absolute Gasteiger partial charge is 0.497 e. The standard InChI is InChI=1S/C24H30N6O/c1-25-24(26-12-11-20-18-27-30(19-20)21-7-4-3-5-8-21)29-15-13-28(14-16-29)22-9-6-10-23(17-22)31-2/h3-10,17-19H,11-16H2,1-2H3,(H,25,26). The van der Waals surface area contributed by atoms with Gasteiger partial charge in [0, 0.05) is 57.7 Å². The highest BCUT2D eigenvalue weighted by atomic mass is 16.5. The van der Waals surface area contributed by atoms with Gasteiger partial charge in [-0.3, -0.25) is 4.99 Å². The van der Waals surface area contributed by atoms with Crippen molar-refractivity contribution in [3.63, 3.8) is 0 Å². The van der Waals surface area contributed by atoms with Crippen molar-refractivity contribution in [3.05, 3.63) is 72.6 Å². The van der Waals surface area contributed by atoms with Gasteiger partial charge in [0.25, 0.3) is 0 Å². The van der Waals surface area contributed by atoms with Crippen molar-refractivity contribution in [1.82, 2.24) is 20.0 Å². The number of hydrogen-bond acceptors (Lipinski definition) is 4. The van der Waals surface area contributed by atoms with Crippen molar-refractivity contribution in [2.75, 3.05) is 51.8 Å². The Balaban J connectivity index is 1.26. The van der Waals surface area contributed by atoms with Crippen molar-refractivity contribution in [3.8, 4) is 11.4 Å². The van der Waals surface area contributed by atoms with Gasteiger partial charge in [-0.25, -0.2) is 4.68 Å². The van der Waals surface area contributed by atoms with E-state index in [0.29, 0.717) is 0 Å². The van der Waals surface area contributed by atoms with Crippen LogP contribution in [0.25, 0.3) is 5.69 Å². The van der Waals surface area contributed by atoms with Crippen LogP contribution in [0, 0.1) is 0 Å². The maximum Gasteiger partial charge on any atom is 0.193 e. The molecule has 2 heterocycles. The summed E-state index contributed by atoms with van der Waals surface area (Å²) in [6, 6.07) is 18.4. The lowest BCUT2D eigenvalue weighted by Crippen LogP contribution is -2.52. The quantitative estimate of drug-likeness (QED) is 0.493. The molecule has 3 aromatic rings. The second kappa shape index (κ2) is 10.0. The van der Waals surface area contributed by atoms with Crippen LogP contribution in [0.15, 0.2) is 72.0 Å². The number of anilines is 1. The zero-order valence-electron chi connectivity index (χ0n) is 18.2. The molecule has 0 atom stereocenters. The maximum absolute atomic E-state index is 5.36. The summed E-state index contributed by atoms with van der Waals surface area (Å²) in [4.78, 5) is 9.21. The molecular weight excluding hydrogens is 388 g/mol. The van der Waals surface area contributed by atoms with Crippen molar-refractivity contribution >= 4 is 11.6 Å². The summed E-state index contributed by atoms with van der Waals surface area (Å²) >= 11 is 0. The van der Waals surface area contributed by atoms with E-state index in [2.05, 4.69) is 55.7 Å². The summed E-state index contributed by atoms with van der Waals surface area (Å²) in [5, 5.41) is 7.99. The zero-order chi connectivity index (χ0) is 21.5. The molecule has 1 aliphatic rings. The number of methoxy groups -OCH3 is 1. The van der Waals surface area contributed by atoms with Gasteiger partial charge in [-0.1, -0.05) is 24.3 Å². The van der Waals surface area contributed by atoms with E-state index < -0.39 is 0 Å². The Bertz CT molecular complexity index is 992. The van der Waals surface area contributed by atoms with Crippen LogP contribution in [0.4, 0.5) is 5.69 Å². The number of rotatable bonds is 6. The highest BCUT2D eigenvalue weighted by molar-refractivity contribution is 5.80. The smallest absolute Gasteiger partial charge is 0.193 e. The molecule has 7 nitrogen and oxygen atoms in total. The summed E-state index contributed by atoms with van der Waals surface area (Å²) in [6.07, 6.45) is 4.92. The number of nitrogens with one attached hydrogen (secondary N) is 1. The van der Waals surface area contributed by atoms with E-state index in [1.807, 2.05) is 48.3 Å². The number of aliphatic imine (C=N–C) groups is 1. The van der Waals surface area contributed by atoms with Crippen molar-refractivity contribution in [2.24, 2.45) is 4.99 Å². The molecule has 0 aliphatic carbocycles. The molecule has 0 amide bonds. The van der Waals surface area contributed by atoms with Gasteiger partial charge in [-0.15, -0.1) is 0 Å². The van der Waals surface area contributed by atoms with Crippen LogP contribution in [0.2, 0.25) is 0 Å². The molecule has 2 aromatic carbocycles. The number of para-hydroxylation sites is 1. The topological polar surface area (TPSA) is 57.9 Å². The molecule has 1 N–H and O–H groups in total. The summed E-state index contributed by atoms with van der Waals surface area (Å²) in [6.45, 7) is 4.60. The van der Waals surface area contributed by atoms with Gasteiger partial charge in [-0.2, -0.15) is 5.10 Å². The molecule has 31 heavy (non-hydrogen) atoms. The number of aromatic nitrogens is 2. The average molecular weight is 419 g/mol. The van der Waals surface area contributed by atoms with Crippen LogP contribution in [-0.2, 0) is 6.42 Å². The van der Waals surface area contributed by atoms with Crippen molar-refractivity contribution < 1.29 is 4.74 Å². The monoisotopic (exact) mass is 418 g/mol. The third kappa shape index (κ3) is 5.17. The fourth-order valence-corrected chi connectivity index (χ4v) is 3.85. The van der Waals surface area contributed by atoms with E-state index in [1.54, 1.807) is 7.11 Å². The molecule has 1 aromatic heterocycles. The Hall–Kier alpha value is -3.48. The van der Waals surface area contributed by atoms with Gasteiger partial charge in [-0.05, 0) is 36.2 Å². The Kier molecular flexibility index (Phi) is 6.72. The van der Waals surface area contributed by atoms with Gasteiger partial charge in [0.05, 0.1) is 19.0 Å². The maximum atomic E-state index is 5.36. The lowest BCUT2D eigenvalue weighted by atomic mass is 10.2. The minimum Gasteiger partial charge on any atom is -0.497 e. The average Bonchev–Trinajstić information content (AvgIpc) is 3.32. The fraction of sp³-hybridized carbons (Fsp3) is 0.333. The predicted molar refractivity (Wildman–Crippen MR) is 125 cm³/mol. The van der Waals surface area contributed by atoms with Gasteiger partial charge < -0.3 is 19.9 Å². The van der Waals surface area contributed by atoms with Crippen LogP contribution in [0.1, 0.15) is 5.56 Å². The molecule has 1 fully saturated rings. The number of piperazine rings is 1. The summed E-state index contributed by atoms with van der Waals surface area (Å²) in [5.74, 6) is 1.86. The normalized spacial score (nSPS) is 14.6. The van der Waals surface area contributed by atoms with E-state index >= 15 is 0 Å². The lowest BCUT2D eigenvalue weighted by Gasteiger charge is -2.37. The number of ether oxygens (including phenoxy) is 1. The minimum absolute atomic E-state index is 0.823. The number of guanidine groups is 1. The SMILES string of the molecule is CN=C(NCCc1cnn(-c2ccccc2)c1)N1CCN(c2cccc(OC)c2)CC1. The Labute approximate surface area is 184 Å². The molecule has 0 saturated carbocycles. The zero-order valence-corrected chi connectivity index (χ0v) is 18.2. The highest BCUT2D eigenvalue weighted by Crippen LogP contribution is 2.22. The highest BCUT2D eigenvalue weighted by Gasteiger charge is 2.20. The molecule has 0 bridgehead atoms. The first kappa shape index (κ1) is 20.8. The first-order valence-electron chi connectivity index (χ1n) is 10.7. The number of nitrogens with zero attached hydrogens (tertiary/aromatic N) is 5. The molecule has 4 rings (SSSR count). The van der Waals surface area contributed by atoms with E-state index in [-0.39, 0.29) is 0 Å². The fourth-order valence-electron chi connectivity index (χ4n) is 3.85. The predicted octanol–water partition coefficient (Wildman–Crippen LogP) is 2.82. The first-order valence-corrected chi connectivity index (χ1v) is 10.7. The van der Waals surface area contributed by atoms with E-state index in [4.69, 9.17) is 4.74 Å². The summed E-state index contributed by atoms with van der Waals surface area (Å²) in [5.41, 5.74) is 3.48. The number of benzene rings is 2. The van der Waals surface area contributed by atoms with Crippen LogP contribution >= 0.6 is 0 Å². The van der Waals surface area contributed by atoms with Crippen molar-refractivity contribution in [2.45, 2.75) is 6.42 Å². The van der Waals surface area contributed by atoms with Gasteiger partial charge in [0.15, 0.2) is 5.96 Å². The molecule has 0 radical (unpaired) electrons. The molecular formula is C24H30N6O. The Morgan fingerprint density at radius 3 is 2.55 bits per heavy atom. The summed E-state index contributed by atoms with van der Waals surface area (Å²) < 4.78 is 7.28. The van der Waals surface area contributed by atoms with Crippen LogP contribution in [0.3, 0.4) is 0 Å². The van der Waals surface area contributed by atoms with E-state index in [9.17, 15) is 0 Å². The first-order chi connectivity index (χ1) is 15.3. The third-order valence-electron chi connectivity index (χ3n) is 5.56. The summed E-state index contributed by atoms with van der Waals surface area (Å²) in [7, 11) is 3.56. The second-order valence-corrected chi connectivity index (χ2v) is 7.53. The van der Waals surface area contributed by atoms with Crippen molar-refractivity contribution in [1.29, 1.82) is 0 Å². The minimum atomic E-state index is 0.823. The van der Waals surface area contributed by atoms with E-state index in [0.717, 1.165) is 56.5 Å². The molecule has 0 spiro atoms. The Morgan fingerprint density at radius 1 is 1.03 bits per heavy atom. The van der Waals surface area contributed by atoms with Crippen LogP contribution < -0.4 is 15.0 Å². The molecule has 1 saturated heterocycles. The molecule has 1 aliphatic heterocycles. The van der Waals surface area contributed by atoms with Gasteiger partial charge in [0.2, 0.25) is 0 Å². The number of hydrogen-bond donors (Lipinski definition) is 1.